The van der Waals surface area contributed by atoms with Crippen molar-refractivity contribution in [2.24, 2.45) is 0 Å². The van der Waals surface area contributed by atoms with Crippen LogP contribution in [0.3, 0.4) is 0 Å². The van der Waals surface area contributed by atoms with Gasteiger partial charge in [-0.3, -0.25) is 24.1 Å². The summed E-state index contributed by atoms with van der Waals surface area (Å²) < 4.78 is 4.81. The molecule has 2 heterocycles. The number of aliphatic carboxylic acids is 2. The number of amides is 2. The molecule has 2 amide bonds. The molecule has 2 aliphatic heterocycles. The minimum Gasteiger partial charge on any atom is -0.481 e. The summed E-state index contributed by atoms with van der Waals surface area (Å²) in [6.45, 7) is 0.966. The van der Waals surface area contributed by atoms with Crippen LogP contribution in [0.15, 0.2) is 11.3 Å². The van der Waals surface area contributed by atoms with E-state index in [0.29, 0.717) is 5.57 Å². The Hall–Kier alpha value is -2.56. The van der Waals surface area contributed by atoms with Gasteiger partial charge in [0.2, 0.25) is 5.91 Å². The quantitative estimate of drug-likeness (QED) is 0.383. The maximum absolute atomic E-state index is 12.2. The molecule has 136 valence electrons. The minimum atomic E-state index is -1.32. The topological polar surface area (TPSA) is 150 Å². The number of β-lactam (4-membered cyclic amide) rings is 1. The van der Waals surface area contributed by atoms with E-state index in [2.05, 4.69) is 5.32 Å². The molecule has 1 fully saturated rings. The fourth-order valence-electron chi connectivity index (χ4n) is 2.45. The smallest absolute Gasteiger partial charge is 0.352 e. The number of carboxylic acid groups (broad SMARTS) is 2. The second-order valence-corrected chi connectivity index (χ2v) is 6.49. The molecule has 0 aromatic carbocycles. The Balaban J connectivity index is 2.08. The van der Waals surface area contributed by atoms with Gasteiger partial charge in [0.25, 0.3) is 5.91 Å². The second-order valence-electron chi connectivity index (χ2n) is 5.39. The highest BCUT2D eigenvalue weighted by atomic mass is 32.2. The zero-order valence-electron chi connectivity index (χ0n) is 13.2. The van der Waals surface area contributed by atoms with Gasteiger partial charge in [0.05, 0.1) is 6.42 Å². The molecule has 2 aliphatic rings. The summed E-state index contributed by atoms with van der Waals surface area (Å²) in [5.74, 6) is -3.98. The summed E-state index contributed by atoms with van der Waals surface area (Å²) in [6.07, 6.45) is -0.628. The Labute approximate surface area is 146 Å². The Morgan fingerprint density at radius 3 is 2.52 bits per heavy atom. The number of carboxylic acids is 2. The minimum absolute atomic E-state index is 0.226. The van der Waals surface area contributed by atoms with Crippen molar-refractivity contribution in [2.45, 2.75) is 31.2 Å². The number of esters is 1. The number of rotatable bonds is 7. The zero-order chi connectivity index (χ0) is 18.7. The highest BCUT2D eigenvalue weighted by molar-refractivity contribution is 8.00. The molecular weight excluding hydrogens is 356 g/mol. The van der Waals surface area contributed by atoms with E-state index in [1.807, 2.05) is 0 Å². The Morgan fingerprint density at radius 1 is 1.28 bits per heavy atom. The number of hydrogen-bond donors (Lipinski definition) is 3. The van der Waals surface area contributed by atoms with E-state index in [1.165, 1.54) is 18.7 Å². The molecular formula is C14H16N2O8S. The average Bonchev–Trinajstić information content (AvgIpc) is 2.54. The molecule has 2 rings (SSSR count). The van der Waals surface area contributed by atoms with Gasteiger partial charge in [-0.25, -0.2) is 4.79 Å². The van der Waals surface area contributed by atoms with Crippen molar-refractivity contribution in [1.29, 1.82) is 0 Å². The van der Waals surface area contributed by atoms with E-state index in [9.17, 15) is 29.1 Å². The SMILES string of the molecule is CC(=O)OCC1=C(C(=O)O)N2C(=O)C(NC(=O)CCC(=O)O)[C@H]2SC1. The first-order valence-electron chi connectivity index (χ1n) is 7.27. The molecule has 0 spiro atoms. The number of carbonyl (C=O) groups excluding carboxylic acids is 3. The highest BCUT2D eigenvalue weighted by Crippen LogP contribution is 2.40. The van der Waals surface area contributed by atoms with E-state index >= 15 is 0 Å². The standard InChI is InChI=1S/C14H16N2O8S/c1-6(17)24-4-7-5-25-13-10(15-8(18)2-3-9(19)20)12(21)16(13)11(7)14(22)23/h10,13H,2-5H2,1H3,(H,15,18)(H,19,20)(H,22,23)/t10?,13-/m1/s1. The average molecular weight is 372 g/mol. The molecule has 11 heteroatoms. The molecule has 10 nitrogen and oxygen atoms in total. The summed E-state index contributed by atoms with van der Waals surface area (Å²) >= 11 is 1.23. The molecule has 0 saturated carbocycles. The van der Waals surface area contributed by atoms with E-state index in [1.54, 1.807) is 0 Å². The predicted molar refractivity (Wildman–Crippen MR) is 83.2 cm³/mol. The van der Waals surface area contributed by atoms with Crippen LogP contribution in [0, 0.1) is 0 Å². The Morgan fingerprint density at radius 2 is 1.96 bits per heavy atom. The summed E-state index contributed by atoms with van der Waals surface area (Å²) in [6, 6.07) is -0.907. The third kappa shape index (κ3) is 4.10. The molecule has 25 heavy (non-hydrogen) atoms. The number of hydrogen-bond acceptors (Lipinski definition) is 7. The van der Waals surface area contributed by atoms with Gasteiger partial charge in [-0.2, -0.15) is 0 Å². The molecule has 2 atom stereocenters. The van der Waals surface area contributed by atoms with E-state index < -0.39 is 41.1 Å². The second kappa shape index (κ2) is 7.55. The fourth-order valence-corrected chi connectivity index (χ4v) is 3.78. The predicted octanol–water partition coefficient (Wildman–Crippen LogP) is -0.847. The van der Waals surface area contributed by atoms with Crippen LogP contribution in [-0.4, -0.2) is 68.6 Å². The maximum Gasteiger partial charge on any atom is 0.352 e. The summed E-state index contributed by atoms with van der Waals surface area (Å²) in [7, 11) is 0. The van der Waals surface area contributed by atoms with Crippen molar-refractivity contribution in [3.8, 4) is 0 Å². The first kappa shape index (κ1) is 18.8. The molecule has 0 bridgehead atoms. The van der Waals surface area contributed by atoms with Gasteiger partial charge in [-0.15, -0.1) is 11.8 Å². The van der Waals surface area contributed by atoms with Crippen LogP contribution in [0.1, 0.15) is 19.8 Å². The lowest BCUT2D eigenvalue weighted by Gasteiger charge is -2.49. The lowest BCUT2D eigenvalue weighted by Crippen LogP contribution is -2.70. The van der Waals surface area contributed by atoms with Crippen molar-refractivity contribution in [3.05, 3.63) is 11.3 Å². The van der Waals surface area contributed by atoms with Gasteiger partial charge in [0.1, 0.15) is 23.7 Å². The van der Waals surface area contributed by atoms with Crippen molar-refractivity contribution in [3.63, 3.8) is 0 Å². The van der Waals surface area contributed by atoms with Crippen molar-refractivity contribution >= 4 is 41.5 Å². The van der Waals surface area contributed by atoms with E-state index in [4.69, 9.17) is 9.84 Å². The van der Waals surface area contributed by atoms with Crippen molar-refractivity contribution < 1.29 is 38.9 Å². The monoisotopic (exact) mass is 372 g/mol. The molecule has 0 aliphatic carbocycles. The number of carbonyl (C=O) groups is 5. The van der Waals surface area contributed by atoms with Crippen LogP contribution in [0.4, 0.5) is 0 Å². The summed E-state index contributed by atoms with van der Waals surface area (Å²) in [4.78, 5) is 57.8. The number of fused-ring (bicyclic) bond motifs is 1. The zero-order valence-corrected chi connectivity index (χ0v) is 14.0. The van der Waals surface area contributed by atoms with Crippen LogP contribution < -0.4 is 5.32 Å². The third-order valence-corrected chi connectivity index (χ3v) is 4.92. The number of nitrogens with zero attached hydrogens (tertiary/aromatic N) is 1. The van der Waals surface area contributed by atoms with Crippen LogP contribution in [0.5, 0.6) is 0 Å². The Kier molecular flexibility index (Phi) is 5.67. The van der Waals surface area contributed by atoms with Crippen LogP contribution >= 0.6 is 11.8 Å². The van der Waals surface area contributed by atoms with Gasteiger partial charge in [0, 0.05) is 24.7 Å². The third-order valence-electron chi connectivity index (χ3n) is 3.58. The normalized spacial score (nSPS) is 22.0. The van der Waals surface area contributed by atoms with Crippen molar-refractivity contribution in [1.82, 2.24) is 10.2 Å². The van der Waals surface area contributed by atoms with Crippen LogP contribution in [0.25, 0.3) is 0 Å². The van der Waals surface area contributed by atoms with E-state index in [0.717, 1.165) is 4.90 Å². The van der Waals surface area contributed by atoms with Gasteiger partial charge in [-0.1, -0.05) is 0 Å². The van der Waals surface area contributed by atoms with Crippen molar-refractivity contribution in [2.75, 3.05) is 12.4 Å². The Bertz CT molecular complexity index is 674. The van der Waals surface area contributed by atoms with E-state index in [-0.39, 0.29) is 30.9 Å². The highest BCUT2D eigenvalue weighted by Gasteiger charge is 2.54. The molecule has 0 radical (unpaired) electrons. The molecule has 1 saturated heterocycles. The molecule has 1 unspecified atom stereocenters. The van der Waals surface area contributed by atoms with Gasteiger partial charge in [0.15, 0.2) is 0 Å². The van der Waals surface area contributed by atoms with Crippen LogP contribution in [0.2, 0.25) is 0 Å². The summed E-state index contributed by atoms with van der Waals surface area (Å²) in [5, 5.41) is 19.8. The largest absolute Gasteiger partial charge is 0.481 e. The number of ether oxygens (including phenoxy) is 1. The van der Waals surface area contributed by atoms with Crippen LogP contribution in [-0.2, 0) is 28.7 Å². The summed E-state index contributed by atoms with van der Waals surface area (Å²) in [5.41, 5.74) is 0.0546. The fraction of sp³-hybridized carbons (Fsp3) is 0.500. The maximum atomic E-state index is 12.2. The lowest BCUT2D eigenvalue weighted by molar-refractivity contribution is -0.151. The molecule has 0 aromatic heterocycles. The molecule has 0 aromatic rings. The van der Waals surface area contributed by atoms with Gasteiger partial charge in [-0.05, 0) is 0 Å². The number of nitrogens with one attached hydrogen (secondary N) is 1. The number of thioether (sulfide) groups is 1. The first-order valence-corrected chi connectivity index (χ1v) is 8.31. The first-order chi connectivity index (χ1) is 11.7. The lowest BCUT2D eigenvalue weighted by atomic mass is 10.0. The van der Waals surface area contributed by atoms with Gasteiger partial charge < -0.3 is 20.3 Å². The van der Waals surface area contributed by atoms with Gasteiger partial charge >= 0.3 is 17.9 Å². The molecule has 3 N–H and O–H groups in total.